The smallest absolute Gasteiger partial charge is 0.246 e. The molecule has 1 atom stereocenters. The topological polar surface area (TPSA) is 49.4 Å². The molecule has 0 amide bonds. The molecule has 1 saturated heterocycles. The molecule has 1 aliphatic heterocycles. The lowest BCUT2D eigenvalue weighted by molar-refractivity contribution is 0.309. The molecule has 19 heavy (non-hydrogen) atoms. The molecule has 0 unspecified atom stereocenters. The molecule has 108 valence electrons. The lowest BCUT2D eigenvalue weighted by Crippen LogP contribution is -2.51. The summed E-state index contributed by atoms with van der Waals surface area (Å²) in [7, 11) is -3.97. The molecule has 0 aliphatic carbocycles. The third-order valence-corrected chi connectivity index (χ3v) is 4.72. The second-order valence-corrected chi connectivity index (χ2v) is 6.20. The molecule has 0 aromatic heterocycles. The van der Waals surface area contributed by atoms with Gasteiger partial charge in [0.1, 0.15) is 16.5 Å². The second-order valence-electron chi connectivity index (χ2n) is 4.29. The van der Waals surface area contributed by atoms with E-state index in [1.165, 1.54) is 4.31 Å². The first kappa shape index (κ1) is 16.3. The monoisotopic (exact) mass is 312 g/mol. The van der Waals surface area contributed by atoms with Gasteiger partial charge in [0.05, 0.1) is 0 Å². The van der Waals surface area contributed by atoms with Crippen molar-refractivity contribution in [3.8, 4) is 0 Å². The van der Waals surface area contributed by atoms with Crippen LogP contribution >= 0.6 is 12.4 Å². The van der Waals surface area contributed by atoms with Gasteiger partial charge < -0.3 is 5.32 Å². The van der Waals surface area contributed by atoms with Gasteiger partial charge in [0.2, 0.25) is 10.0 Å². The Balaban J connectivity index is 0.00000180. The largest absolute Gasteiger partial charge is 0.312 e. The molecule has 8 heteroatoms. The summed E-state index contributed by atoms with van der Waals surface area (Å²) in [5.41, 5.74) is 0. The Morgan fingerprint density at radius 2 is 2.05 bits per heavy atom. The first-order valence-electron chi connectivity index (χ1n) is 5.60. The van der Waals surface area contributed by atoms with Crippen molar-refractivity contribution in [1.29, 1.82) is 0 Å². The maximum absolute atomic E-state index is 13.5. The summed E-state index contributed by atoms with van der Waals surface area (Å²) in [6.45, 7) is 2.84. The Bertz CT molecular complexity index is 554. The molecule has 0 radical (unpaired) electrons. The van der Waals surface area contributed by atoms with Gasteiger partial charge in [0.25, 0.3) is 0 Å². The Morgan fingerprint density at radius 3 is 2.68 bits per heavy atom. The van der Waals surface area contributed by atoms with Crippen LogP contribution in [-0.4, -0.2) is 38.4 Å². The predicted molar refractivity (Wildman–Crippen MR) is 69.8 cm³/mol. The van der Waals surface area contributed by atoms with Crippen molar-refractivity contribution in [2.45, 2.75) is 17.9 Å². The highest BCUT2D eigenvalue weighted by Crippen LogP contribution is 2.21. The molecule has 1 aliphatic rings. The molecule has 1 heterocycles. The van der Waals surface area contributed by atoms with Crippen molar-refractivity contribution in [2.75, 3.05) is 19.6 Å². The first-order chi connectivity index (χ1) is 8.41. The van der Waals surface area contributed by atoms with Crippen LogP contribution in [0, 0.1) is 11.6 Å². The number of hydrogen-bond acceptors (Lipinski definition) is 3. The molecule has 1 aromatic rings. The quantitative estimate of drug-likeness (QED) is 0.897. The van der Waals surface area contributed by atoms with Crippen molar-refractivity contribution in [1.82, 2.24) is 9.62 Å². The van der Waals surface area contributed by atoms with Crippen molar-refractivity contribution in [3.05, 3.63) is 29.8 Å². The zero-order valence-electron chi connectivity index (χ0n) is 10.3. The highest BCUT2D eigenvalue weighted by molar-refractivity contribution is 7.89. The van der Waals surface area contributed by atoms with Crippen LogP contribution in [0.15, 0.2) is 23.1 Å². The number of hydrogen-bond donors (Lipinski definition) is 1. The van der Waals surface area contributed by atoms with E-state index in [0.717, 1.165) is 18.2 Å². The number of sulfonamides is 1. The van der Waals surface area contributed by atoms with E-state index in [0.29, 0.717) is 6.54 Å². The van der Waals surface area contributed by atoms with Crippen LogP contribution in [-0.2, 0) is 10.0 Å². The standard InChI is InChI=1S/C11H14F2N2O2S.ClH/c1-8-7-15(5-4-14-8)18(16,17)11-6-9(12)2-3-10(11)13;/h2-3,6,8,14H,4-5,7H2,1H3;1H/t8-;/m0./s1. The van der Waals surface area contributed by atoms with Gasteiger partial charge in [-0.15, -0.1) is 12.4 Å². The maximum Gasteiger partial charge on any atom is 0.246 e. The third-order valence-electron chi connectivity index (χ3n) is 2.84. The van der Waals surface area contributed by atoms with Gasteiger partial charge in [-0.1, -0.05) is 0 Å². The normalized spacial score (nSPS) is 20.9. The summed E-state index contributed by atoms with van der Waals surface area (Å²) in [6, 6.07) is 2.44. The lowest BCUT2D eigenvalue weighted by Gasteiger charge is -2.31. The average Bonchev–Trinajstić information content (AvgIpc) is 2.32. The highest BCUT2D eigenvalue weighted by atomic mass is 35.5. The molecule has 0 spiro atoms. The van der Waals surface area contributed by atoms with Crippen LogP contribution in [0.1, 0.15) is 6.92 Å². The molecule has 1 N–H and O–H groups in total. The van der Waals surface area contributed by atoms with Gasteiger partial charge in [0, 0.05) is 25.7 Å². The SMILES string of the molecule is C[C@H]1CN(S(=O)(=O)c2cc(F)ccc2F)CCN1.Cl. The van der Waals surface area contributed by atoms with Gasteiger partial charge in [-0.2, -0.15) is 4.31 Å². The predicted octanol–water partition coefficient (Wildman–Crippen LogP) is 1.37. The summed E-state index contributed by atoms with van der Waals surface area (Å²) in [5.74, 6) is -1.69. The third kappa shape index (κ3) is 3.42. The van der Waals surface area contributed by atoms with E-state index in [1.807, 2.05) is 6.92 Å². The van der Waals surface area contributed by atoms with Crippen LogP contribution in [0.4, 0.5) is 8.78 Å². The van der Waals surface area contributed by atoms with Gasteiger partial charge in [-0.05, 0) is 25.1 Å². The van der Waals surface area contributed by atoms with Gasteiger partial charge in [-0.25, -0.2) is 17.2 Å². The maximum atomic E-state index is 13.5. The number of nitrogens with zero attached hydrogens (tertiary/aromatic N) is 1. The Morgan fingerprint density at radius 1 is 1.37 bits per heavy atom. The number of halogens is 3. The van der Waals surface area contributed by atoms with E-state index in [9.17, 15) is 17.2 Å². The summed E-state index contributed by atoms with van der Waals surface area (Å²) in [4.78, 5) is -0.600. The number of piperazine rings is 1. The molecular formula is C11H15ClF2N2O2S. The van der Waals surface area contributed by atoms with Crippen molar-refractivity contribution in [3.63, 3.8) is 0 Å². The van der Waals surface area contributed by atoms with E-state index in [4.69, 9.17) is 0 Å². The van der Waals surface area contributed by atoms with Crippen molar-refractivity contribution >= 4 is 22.4 Å². The zero-order valence-corrected chi connectivity index (χ0v) is 11.9. The number of benzene rings is 1. The molecule has 0 saturated carbocycles. The molecule has 1 aromatic carbocycles. The van der Waals surface area contributed by atoms with E-state index in [-0.39, 0.29) is 31.5 Å². The highest BCUT2D eigenvalue weighted by Gasteiger charge is 2.30. The Hall–Kier alpha value is -0.760. The van der Waals surface area contributed by atoms with E-state index in [1.54, 1.807) is 0 Å². The minimum absolute atomic E-state index is 0. The molecular weight excluding hydrogens is 298 g/mol. The minimum Gasteiger partial charge on any atom is -0.312 e. The molecule has 0 bridgehead atoms. The zero-order chi connectivity index (χ0) is 13.3. The van der Waals surface area contributed by atoms with Gasteiger partial charge in [-0.3, -0.25) is 0 Å². The second kappa shape index (κ2) is 6.13. The average molecular weight is 313 g/mol. The fraction of sp³-hybridized carbons (Fsp3) is 0.455. The molecule has 4 nitrogen and oxygen atoms in total. The minimum atomic E-state index is -3.97. The Kier molecular flexibility index (Phi) is 5.26. The van der Waals surface area contributed by atoms with Crippen molar-refractivity contribution < 1.29 is 17.2 Å². The van der Waals surface area contributed by atoms with Crippen LogP contribution in [0.25, 0.3) is 0 Å². The van der Waals surface area contributed by atoms with Crippen LogP contribution < -0.4 is 5.32 Å². The molecule has 1 fully saturated rings. The fourth-order valence-corrected chi connectivity index (χ4v) is 3.53. The van der Waals surface area contributed by atoms with Crippen LogP contribution in [0.3, 0.4) is 0 Å². The van der Waals surface area contributed by atoms with E-state index >= 15 is 0 Å². The summed E-state index contributed by atoms with van der Waals surface area (Å²) in [6.07, 6.45) is 0. The summed E-state index contributed by atoms with van der Waals surface area (Å²) >= 11 is 0. The van der Waals surface area contributed by atoms with E-state index < -0.39 is 26.6 Å². The Labute approximate surface area is 117 Å². The number of rotatable bonds is 2. The van der Waals surface area contributed by atoms with Crippen LogP contribution in [0.5, 0.6) is 0 Å². The number of nitrogens with one attached hydrogen (secondary N) is 1. The fourth-order valence-electron chi connectivity index (χ4n) is 1.93. The first-order valence-corrected chi connectivity index (χ1v) is 7.04. The van der Waals surface area contributed by atoms with Crippen molar-refractivity contribution in [2.24, 2.45) is 0 Å². The summed E-state index contributed by atoms with van der Waals surface area (Å²) < 4.78 is 52.2. The lowest BCUT2D eigenvalue weighted by atomic mass is 10.3. The molecule has 2 rings (SSSR count). The summed E-state index contributed by atoms with van der Waals surface area (Å²) in [5, 5.41) is 3.09. The van der Waals surface area contributed by atoms with E-state index in [2.05, 4.69) is 5.32 Å². The van der Waals surface area contributed by atoms with Gasteiger partial charge >= 0.3 is 0 Å². The van der Waals surface area contributed by atoms with Crippen LogP contribution in [0.2, 0.25) is 0 Å². The van der Waals surface area contributed by atoms with Gasteiger partial charge in [0.15, 0.2) is 0 Å².